The Bertz CT molecular complexity index is 507. The molecule has 1 aromatic carbocycles. The molecule has 7 heteroatoms. The van der Waals surface area contributed by atoms with Gasteiger partial charge in [0.2, 0.25) is 5.91 Å². The Morgan fingerprint density at radius 2 is 2.05 bits per heavy atom. The highest BCUT2D eigenvalue weighted by Crippen LogP contribution is 2.25. The first-order valence-electron chi connectivity index (χ1n) is 6.16. The Morgan fingerprint density at radius 3 is 2.60 bits per heavy atom. The number of carbonyl (C=O) groups is 1. The van der Waals surface area contributed by atoms with Crippen molar-refractivity contribution in [1.29, 1.82) is 0 Å². The van der Waals surface area contributed by atoms with E-state index in [-0.39, 0.29) is 29.9 Å². The van der Waals surface area contributed by atoms with Gasteiger partial charge in [-0.1, -0.05) is 6.07 Å². The summed E-state index contributed by atoms with van der Waals surface area (Å²) in [5.41, 5.74) is 6.43. The van der Waals surface area contributed by atoms with Gasteiger partial charge >= 0.3 is 0 Å². The first-order valence-corrected chi connectivity index (χ1v) is 7.89. The quantitative estimate of drug-likeness (QED) is 0.546. The average Bonchev–Trinajstić information content (AvgIpc) is 2.32. The van der Waals surface area contributed by atoms with Crippen LogP contribution in [0.1, 0.15) is 12.5 Å². The highest BCUT2D eigenvalue weighted by Gasteiger charge is 2.17. The molecule has 0 radical (unpaired) electrons. The van der Waals surface area contributed by atoms with Crippen LogP contribution in [0, 0.1) is 0 Å². The summed E-state index contributed by atoms with van der Waals surface area (Å²) in [6, 6.07) is 3.32. The van der Waals surface area contributed by atoms with Crippen LogP contribution in [-0.2, 0) is 22.0 Å². The second-order valence-corrected chi connectivity index (χ2v) is 6.26. The maximum absolute atomic E-state index is 11.8. The van der Waals surface area contributed by atoms with E-state index in [2.05, 4.69) is 5.32 Å². The summed E-state index contributed by atoms with van der Waals surface area (Å²) < 4.78 is 11.0. The van der Waals surface area contributed by atoms with Crippen molar-refractivity contribution in [3.8, 4) is 11.5 Å². The van der Waals surface area contributed by atoms with Gasteiger partial charge in [0, 0.05) is 28.9 Å². The number of phenols is 2. The van der Waals surface area contributed by atoms with Crippen molar-refractivity contribution in [2.24, 2.45) is 5.73 Å². The molecule has 0 bridgehead atoms. The van der Waals surface area contributed by atoms with Gasteiger partial charge in [0.25, 0.3) is 0 Å². The first-order chi connectivity index (χ1) is 9.29. The van der Waals surface area contributed by atoms with Crippen LogP contribution in [0.5, 0.6) is 11.5 Å². The molecule has 0 heterocycles. The average molecular weight is 300 g/mol. The molecule has 1 aromatic rings. The number of carbonyl (C=O) groups excluding carboxylic acids is 1. The Hall–Kier alpha value is -1.60. The van der Waals surface area contributed by atoms with Gasteiger partial charge in [-0.15, -0.1) is 0 Å². The van der Waals surface area contributed by atoms with Crippen molar-refractivity contribution in [3.63, 3.8) is 0 Å². The van der Waals surface area contributed by atoms with E-state index in [9.17, 15) is 19.2 Å². The summed E-state index contributed by atoms with van der Waals surface area (Å²) in [4.78, 5) is 11.8. The van der Waals surface area contributed by atoms with Crippen LogP contribution in [0.15, 0.2) is 18.2 Å². The van der Waals surface area contributed by atoms with Gasteiger partial charge in [0.05, 0.1) is 6.04 Å². The number of aromatic hydroxyl groups is 2. The Morgan fingerprint density at radius 1 is 1.40 bits per heavy atom. The highest BCUT2D eigenvalue weighted by atomic mass is 32.2. The normalized spacial score (nSPS) is 15.3. The summed E-state index contributed by atoms with van der Waals surface area (Å²) in [5, 5.41) is 21.3. The first kappa shape index (κ1) is 16.5. The van der Waals surface area contributed by atoms with Crippen molar-refractivity contribution < 1.29 is 19.2 Å². The van der Waals surface area contributed by atoms with Crippen LogP contribution in [0.2, 0.25) is 0 Å². The lowest BCUT2D eigenvalue weighted by molar-refractivity contribution is -0.122. The van der Waals surface area contributed by atoms with Gasteiger partial charge in [0.1, 0.15) is 0 Å². The second kappa shape index (κ2) is 7.25. The number of rotatable bonds is 6. The zero-order valence-electron chi connectivity index (χ0n) is 11.5. The maximum atomic E-state index is 11.8. The number of amides is 1. The maximum Gasteiger partial charge on any atom is 0.237 e. The van der Waals surface area contributed by atoms with Crippen molar-refractivity contribution in [2.45, 2.75) is 25.4 Å². The molecule has 112 valence electrons. The van der Waals surface area contributed by atoms with Gasteiger partial charge in [-0.05, 0) is 31.0 Å². The fourth-order valence-corrected chi connectivity index (χ4v) is 2.57. The number of nitrogens with one attached hydrogen (secondary N) is 1. The second-order valence-electron chi connectivity index (χ2n) is 4.78. The fourth-order valence-electron chi connectivity index (χ4n) is 1.79. The molecule has 0 saturated carbocycles. The minimum atomic E-state index is -0.985. The van der Waals surface area contributed by atoms with Crippen LogP contribution in [0.25, 0.3) is 0 Å². The Kier molecular flexibility index (Phi) is 5.97. The largest absolute Gasteiger partial charge is 0.504 e. The number of hydrogen-bond acceptors (Lipinski definition) is 5. The van der Waals surface area contributed by atoms with Crippen molar-refractivity contribution in [2.75, 3.05) is 12.0 Å². The van der Waals surface area contributed by atoms with E-state index in [1.54, 1.807) is 19.2 Å². The van der Waals surface area contributed by atoms with Crippen LogP contribution < -0.4 is 11.1 Å². The van der Waals surface area contributed by atoms with Gasteiger partial charge in [-0.3, -0.25) is 9.00 Å². The van der Waals surface area contributed by atoms with Gasteiger partial charge in [-0.2, -0.15) is 0 Å². The lowest BCUT2D eigenvalue weighted by Gasteiger charge is -2.17. The third-order valence-electron chi connectivity index (χ3n) is 2.71. The van der Waals surface area contributed by atoms with Crippen molar-refractivity contribution >= 4 is 16.7 Å². The van der Waals surface area contributed by atoms with Gasteiger partial charge < -0.3 is 21.3 Å². The van der Waals surface area contributed by atoms with E-state index >= 15 is 0 Å². The van der Waals surface area contributed by atoms with Crippen LogP contribution >= 0.6 is 0 Å². The molecule has 1 amide bonds. The molecular weight excluding hydrogens is 280 g/mol. The van der Waals surface area contributed by atoms with Crippen molar-refractivity contribution in [3.05, 3.63) is 23.8 Å². The van der Waals surface area contributed by atoms with E-state index in [1.807, 2.05) is 0 Å². The molecule has 3 atom stereocenters. The molecule has 6 nitrogen and oxygen atoms in total. The molecule has 0 aliphatic rings. The van der Waals surface area contributed by atoms with Crippen LogP contribution in [0.3, 0.4) is 0 Å². The lowest BCUT2D eigenvalue weighted by atomic mass is 10.1. The summed E-state index contributed by atoms with van der Waals surface area (Å²) in [6.45, 7) is 1.76. The number of benzene rings is 1. The van der Waals surface area contributed by atoms with Crippen LogP contribution in [-0.4, -0.2) is 44.4 Å². The van der Waals surface area contributed by atoms with E-state index < -0.39 is 16.8 Å². The molecule has 0 saturated heterocycles. The Labute approximate surface area is 120 Å². The molecule has 0 aromatic heterocycles. The summed E-state index contributed by atoms with van der Waals surface area (Å²) in [6.07, 6.45) is 1.81. The summed E-state index contributed by atoms with van der Waals surface area (Å²) >= 11 is 0. The zero-order chi connectivity index (χ0) is 15.3. The van der Waals surface area contributed by atoms with Crippen LogP contribution in [0.4, 0.5) is 0 Å². The van der Waals surface area contributed by atoms with Gasteiger partial charge in [-0.25, -0.2) is 0 Å². The summed E-state index contributed by atoms with van der Waals surface area (Å²) in [5.74, 6) is -0.426. The highest BCUT2D eigenvalue weighted by molar-refractivity contribution is 7.84. The Balaban J connectivity index is 2.56. The minimum absolute atomic E-state index is 0.215. The van der Waals surface area contributed by atoms with E-state index in [0.717, 1.165) is 0 Å². The monoisotopic (exact) mass is 300 g/mol. The van der Waals surface area contributed by atoms with Crippen molar-refractivity contribution in [1.82, 2.24) is 5.32 Å². The lowest BCUT2D eigenvalue weighted by Crippen LogP contribution is -2.46. The number of phenolic OH excluding ortho intramolecular Hbond substituents is 2. The molecular formula is C13H20N2O4S. The standard InChI is InChI=1S/C13H20N2O4S/c1-8(7-20(2)19)15-13(18)10(14)5-9-3-4-11(16)12(17)6-9/h3-4,6,8,10,16-17H,5,7,14H2,1-2H3,(H,15,18)/t8?,10-,20?/m0/s1. The topological polar surface area (TPSA) is 113 Å². The SMILES string of the molecule is CC(CS(C)=O)NC(=O)[C@@H](N)Cc1ccc(O)c(O)c1. The molecule has 5 N–H and O–H groups in total. The molecule has 1 rings (SSSR count). The third-order valence-corrected chi connectivity index (χ3v) is 3.67. The zero-order valence-corrected chi connectivity index (χ0v) is 12.3. The van der Waals surface area contributed by atoms with Gasteiger partial charge in [0.15, 0.2) is 11.5 Å². The number of nitrogens with two attached hydrogens (primary N) is 1. The molecule has 0 aliphatic carbocycles. The minimum Gasteiger partial charge on any atom is -0.504 e. The smallest absolute Gasteiger partial charge is 0.237 e. The molecule has 2 unspecified atom stereocenters. The molecule has 0 aliphatic heterocycles. The number of hydrogen-bond donors (Lipinski definition) is 4. The predicted molar refractivity (Wildman–Crippen MR) is 78.0 cm³/mol. The molecule has 0 fully saturated rings. The third kappa shape index (κ3) is 5.18. The molecule has 20 heavy (non-hydrogen) atoms. The van der Waals surface area contributed by atoms with E-state index in [0.29, 0.717) is 11.3 Å². The predicted octanol–water partition coefficient (Wildman–Crippen LogP) is -0.149. The molecule has 0 spiro atoms. The van der Waals surface area contributed by atoms with E-state index in [1.165, 1.54) is 12.1 Å². The van der Waals surface area contributed by atoms with E-state index in [4.69, 9.17) is 5.73 Å². The summed E-state index contributed by atoms with van der Waals surface area (Å²) in [7, 11) is -0.985. The fraction of sp³-hybridized carbons (Fsp3) is 0.462.